The number of nitrogens with zero attached hydrogens (tertiary/aromatic N) is 3. The third kappa shape index (κ3) is 4.03. The molecule has 1 aliphatic rings. The zero-order chi connectivity index (χ0) is 14.8. The predicted molar refractivity (Wildman–Crippen MR) is 79.3 cm³/mol. The smallest absolute Gasteiger partial charge is 0.0965 e. The van der Waals surface area contributed by atoms with Gasteiger partial charge in [-0.15, -0.1) is 5.10 Å². The van der Waals surface area contributed by atoms with Gasteiger partial charge in [-0.25, -0.2) is 4.68 Å². The van der Waals surface area contributed by atoms with Crippen LogP contribution in [0.5, 0.6) is 0 Å². The summed E-state index contributed by atoms with van der Waals surface area (Å²) in [5, 5.41) is 22.2. The van der Waals surface area contributed by atoms with Gasteiger partial charge in [0.1, 0.15) is 0 Å². The van der Waals surface area contributed by atoms with Gasteiger partial charge < -0.3 is 10.4 Å². The fourth-order valence-electron chi connectivity index (χ4n) is 2.92. The maximum atomic E-state index is 10.6. The van der Waals surface area contributed by atoms with E-state index < -0.39 is 5.60 Å². The lowest BCUT2D eigenvalue weighted by Crippen LogP contribution is -2.43. The molecule has 1 heterocycles. The molecule has 5 nitrogen and oxygen atoms in total. The van der Waals surface area contributed by atoms with Crippen molar-refractivity contribution >= 4 is 0 Å². The van der Waals surface area contributed by atoms with Gasteiger partial charge in [0.2, 0.25) is 0 Å². The lowest BCUT2D eigenvalue weighted by atomic mass is 9.79. The van der Waals surface area contributed by atoms with Gasteiger partial charge in [0.05, 0.1) is 23.0 Å². The largest absolute Gasteiger partial charge is 0.389 e. The minimum absolute atomic E-state index is 0.0394. The molecule has 114 valence electrons. The van der Waals surface area contributed by atoms with Gasteiger partial charge >= 0.3 is 0 Å². The van der Waals surface area contributed by atoms with Crippen LogP contribution < -0.4 is 5.32 Å². The molecule has 0 aliphatic heterocycles. The van der Waals surface area contributed by atoms with Gasteiger partial charge in [0.25, 0.3) is 0 Å². The van der Waals surface area contributed by atoms with Crippen molar-refractivity contribution in [1.29, 1.82) is 0 Å². The summed E-state index contributed by atoms with van der Waals surface area (Å²) < 4.78 is 1.88. The number of rotatable bonds is 4. The summed E-state index contributed by atoms with van der Waals surface area (Å²) in [5.74, 6) is 0.623. The summed E-state index contributed by atoms with van der Waals surface area (Å²) in [7, 11) is 0. The van der Waals surface area contributed by atoms with Crippen LogP contribution in [0, 0.1) is 5.92 Å². The third-order valence-corrected chi connectivity index (χ3v) is 4.06. The molecule has 20 heavy (non-hydrogen) atoms. The molecule has 1 aliphatic carbocycles. The molecule has 0 spiro atoms. The Bertz CT molecular complexity index is 437. The van der Waals surface area contributed by atoms with Crippen molar-refractivity contribution < 1.29 is 5.11 Å². The average molecular weight is 280 g/mol. The highest BCUT2D eigenvalue weighted by atomic mass is 16.3. The van der Waals surface area contributed by atoms with Crippen LogP contribution in [0.3, 0.4) is 0 Å². The van der Waals surface area contributed by atoms with Crippen LogP contribution in [0.1, 0.15) is 59.1 Å². The quantitative estimate of drug-likeness (QED) is 0.886. The van der Waals surface area contributed by atoms with Gasteiger partial charge in [-0.1, -0.05) is 25.0 Å². The first-order valence-corrected chi connectivity index (χ1v) is 7.63. The molecule has 1 aromatic heterocycles. The zero-order valence-electron chi connectivity index (χ0n) is 13.2. The van der Waals surface area contributed by atoms with E-state index in [-0.39, 0.29) is 5.54 Å². The molecule has 2 unspecified atom stereocenters. The van der Waals surface area contributed by atoms with E-state index in [0.717, 1.165) is 25.0 Å². The molecule has 1 fully saturated rings. The molecule has 2 rings (SSSR count). The Morgan fingerprint density at radius 1 is 1.50 bits per heavy atom. The summed E-state index contributed by atoms with van der Waals surface area (Å²) in [5.41, 5.74) is 0.340. The van der Waals surface area contributed by atoms with Crippen LogP contribution in [-0.4, -0.2) is 32.2 Å². The van der Waals surface area contributed by atoms with E-state index in [1.165, 1.54) is 6.42 Å². The van der Waals surface area contributed by atoms with E-state index in [1.807, 2.05) is 10.9 Å². The molecule has 5 heteroatoms. The minimum atomic E-state index is -0.544. The number of nitrogens with one attached hydrogen (secondary N) is 1. The highest BCUT2D eigenvalue weighted by Gasteiger charge is 2.32. The predicted octanol–water partition coefficient (Wildman–Crippen LogP) is 2.06. The monoisotopic (exact) mass is 280 g/mol. The van der Waals surface area contributed by atoms with Crippen molar-refractivity contribution in [3.8, 4) is 0 Å². The van der Waals surface area contributed by atoms with Crippen molar-refractivity contribution in [3.05, 3.63) is 11.9 Å². The Labute approximate surface area is 121 Å². The molecule has 0 aromatic carbocycles. The van der Waals surface area contributed by atoms with E-state index in [2.05, 4.69) is 43.3 Å². The first-order chi connectivity index (χ1) is 9.28. The van der Waals surface area contributed by atoms with Crippen LogP contribution in [0.2, 0.25) is 0 Å². The second-order valence-corrected chi connectivity index (χ2v) is 7.35. The molecule has 2 N–H and O–H groups in total. The third-order valence-electron chi connectivity index (χ3n) is 4.06. The van der Waals surface area contributed by atoms with Crippen LogP contribution in [-0.2, 0) is 12.1 Å². The number of aliphatic hydroxyl groups is 1. The van der Waals surface area contributed by atoms with Crippen molar-refractivity contribution in [2.24, 2.45) is 5.92 Å². The maximum Gasteiger partial charge on any atom is 0.0965 e. The van der Waals surface area contributed by atoms with Crippen molar-refractivity contribution in [3.63, 3.8) is 0 Å². The first-order valence-electron chi connectivity index (χ1n) is 7.63. The summed E-state index contributed by atoms with van der Waals surface area (Å²) >= 11 is 0. The molecule has 0 radical (unpaired) electrons. The van der Waals surface area contributed by atoms with Gasteiger partial charge in [0.15, 0.2) is 0 Å². The van der Waals surface area contributed by atoms with Crippen LogP contribution in [0.25, 0.3) is 0 Å². The summed E-state index contributed by atoms with van der Waals surface area (Å²) in [6, 6.07) is 0. The molecular formula is C15H28N4O. The SMILES string of the molecule is CC1CCCC(O)(CNCc2cn(C(C)(C)C)nn2)C1. The molecular weight excluding hydrogens is 252 g/mol. The highest BCUT2D eigenvalue weighted by molar-refractivity contribution is 4.95. The van der Waals surface area contributed by atoms with E-state index in [0.29, 0.717) is 19.0 Å². The molecule has 1 aromatic rings. The highest BCUT2D eigenvalue weighted by Crippen LogP contribution is 2.31. The molecule has 0 saturated heterocycles. The number of hydrogen-bond acceptors (Lipinski definition) is 4. The average Bonchev–Trinajstić information content (AvgIpc) is 2.76. The van der Waals surface area contributed by atoms with Crippen molar-refractivity contribution in [2.75, 3.05) is 6.54 Å². The topological polar surface area (TPSA) is 63.0 Å². The Morgan fingerprint density at radius 2 is 2.25 bits per heavy atom. The lowest BCUT2D eigenvalue weighted by molar-refractivity contribution is -0.0119. The maximum absolute atomic E-state index is 10.6. The first kappa shape index (κ1) is 15.4. The van der Waals surface area contributed by atoms with Gasteiger partial charge in [-0.2, -0.15) is 0 Å². The fraction of sp³-hybridized carbons (Fsp3) is 0.867. The Hall–Kier alpha value is -0.940. The van der Waals surface area contributed by atoms with Crippen LogP contribution in [0.4, 0.5) is 0 Å². The van der Waals surface area contributed by atoms with Gasteiger partial charge in [0, 0.05) is 13.1 Å². The van der Waals surface area contributed by atoms with E-state index in [9.17, 15) is 5.11 Å². The lowest BCUT2D eigenvalue weighted by Gasteiger charge is -2.35. The molecule has 0 amide bonds. The standard InChI is InChI=1S/C15H28N4O/c1-12-6-5-7-15(20,8-12)11-16-9-13-10-19(18-17-13)14(2,3)4/h10,12,16,20H,5-9,11H2,1-4H3. The van der Waals surface area contributed by atoms with E-state index >= 15 is 0 Å². The van der Waals surface area contributed by atoms with Gasteiger partial charge in [-0.3, -0.25) is 0 Å². The normalized spacial score (nSPS) is 27.8. The fourth-order valence-corrected chi connectivity index (χ4v) is 2.92. The summed E-state index contributed by atoms with van der Waals surface area (Å²) in [6.07, 6.45) is 6.13. The Kier molecular flexibility index (Phi) is 4.49. The minimum Gasteiger partial charge on any atom is -0.389 e. The van der Waals surface area contributed by atoms with Crippen LogP contribution in [0.15, 0.2) is 6.20 Å². The summed E-state index contributed by atoms with van der Waals surface area (Å²) in [6.45, 7) is 9.83. The Balaban J connectivity index is 1.82. The number of aromatic nitrogens is 3. The second kappa shape index (κ2) is 5.82. The van der Waals surface area contributed by atoms with Crippen LogP contribution >= 0.6 is 0 Å². The Morgan fingerprint density at radius 3 is 2.85 bits per heavy atom. The zero-order valence-corrected chi connectivity index (χ0v) is 13.2. The van der Waals surface area contributed by atoms with E-state index in [4.69, 9.17) is 0 Å². The summed E-state index contributed by atoms with van der Waals surface area (Å²) in [4.78, 5) is 0. The van der Waals surface area contributed by atoms with Gasteiger partial charge in [-0.05, 0) is 39.5 Å². The van der Waals surface area contributed by atoms with Crippen molar-refractivity contribution in [2.45, 2.75) is 71.1 Å². The second-order valence-electron chi connectivity index (χ2n) is 7.35. The molecule has 1 saturated carbocycles. The molecule has 0 bridgehead atoms. The molecule has 2 atom stereocenters. The number of hydrogen-bond donors (Lipinski definition) is 2. The van der Waals surface area contributed by atoms with Crippen molar-refractivity contribution in [1.82, 2.24) is 20.3 Å². The van der Waals surface area contributed by atoms with E-state index in [1.54, 1.807) is 0 Å².